The molecule has 0 radical (unpaired) electrons. The first kappa shape index (κ1) is 13.8. The number of aromatic nitrogens is 1. The molecule has 2 rings (SSSR count). The molecular weight excluding hydrogens is 240 g/mol. The molecular formula is C14H22N4O. The molecule has 2 heterocycles. The van der Waals surface area contributed by atoms with Crippen molar-refractivity contribution in [2.45, 2.75) is 32.9 Å². The van der Waals surface area contributed by atoms with E-state index >= 15 is 0 Å². The molecule has 5 heteroatoms. The number of rotatable bonds is 3. The van der Waals surface area contributed by atoms with E-state index in [0.29, 0.717) is 19.1 Å². The predicted octanol–water partition coefficient (Wildman–Crippen LogP) is 1.18. The van der Waals surface area contributed by atoms with Crippen LogP contribution in [0.5, 0.6) is 0 Å². The molecule has 104 valence electrons. The summed E-state index contributed by atoms with van der Waals surface area (Å²) in [5, 5.41) is 0. The maximum atomic E-state index is 6.02. The van der Waals surface area contributed by atoms with Crippen molar-refractivity contribution in [3.05, 3.63) is 29.6 Å². The highest BCUT2D eigenvalue weighted by molar-refractivity contribution is 5.78. The first-order valence-corrected chi connectivity index (χ1v) is 6.79. The largest absolute Gasteiger partial charge is 0.375 e. The lowest BCUT2D eigenvalue weighted by atomic mass is 10.2. The van der Waals surface area contributed by atoms with Crippen LogP contribution >= 0.6 is 0 Å². The lowest BCUT2D eigenvalue weighted by Gasteiger charge is -2.31. The lowest BCUT2D eigenvalue weighted by molar-refractivity contribution is 0.00528. The molecule has 0 aliphatic carbocycles. The molecule has 1 aliphatic rings. The van der Waals surface area contributed by atoms with Gasteiger partial charge in [-0.05, 0) is 31.0 Å². The smallest absolute Gasteiger partial charge is 0.191 e. The molecule has 1 aliphatic heterocycles. The van der Waals surface area contributed by atoms with E-state index in [1.807, 2.05) is 19.2 Å². The van der Waals surface area contributed by atoms with Gasteiger partial charge in [-0.15, -0.1) is 0 Å². The minimum atomic E-state index is 0.212. The number of hydrogen-bond acceptors (Lipinski definition) is 3. The van der Waals surface area contributed by atoms with Crippen molar-refractivity contribution in [2.75, 3.05) is 19.7 Å². The molecule has 1 saturated heterocycles. The van der Waals surface area contributed by atoms with Gasteiger partial charge in [-0.2, -0.15) is 0 Å². The maximum absolute atomic E-state index is 6.02. The molecule has 0 aromatic carbocycles. The fraction of sp³-hybridized carbons (Fsp3) is 0.571. The summed E-state index contributed by atoms with van der Waals surface area (Å²) >= 11 is 0. The number of aryl methyl sites for hydroxylation is 1. The van der Waals surface area contributed by atoms with Crippen LogP contribution in [-0.4, -0.2) is 41.6 Å². The first-order valence-electron chi connectivity index (χ1n) is 6.79. The molecule has 0 bridgehead atoms. The van der Waals surface area contributed by atoms with Gasteiger partial charge in [0.25, 0.3) is 0 Å². The zero-order valence-corrected chi connectivity index (χ0v) is 11.7. The topological polar surface area (TPSA) is 63.7 Å². The summed E-state index contributed by atoms with van der Waals surface area (Å²) in [6, 6.07) is 4.11. The van der Waals surface area contributed by atoms with Crippen LogP contribution in [-0.2, 0) is 17.7 Å². The number of nitrogens with two attached hydrogens (primary N) is 1. The van der Waals surface area contributed by atoms with Crippen LogP contribution in [0.1, 0.15) is 25.1 Å². The fourth-order valence-electron chi connectivity index (χ4n) is 2.12. The van der Waals surface area contributed by atoms with Gasteiger partial charge in [-0.3, -0.25) is 4.98 Å². The Morgan fingerprint density at radius 3 is 3.21 bits per heavy atom. The fourth-order valence-corrected chi connectivity index (χ4v) is 2.12. The Morgan fingerprint density at radius 1 is 1.63 bits per heavy atom. The molecule has 0 saturated carbocycles. The average Bonchev–Trinajstić information content (AvgIpc) is 2.45. The second kappa shape index (κ2) is 6.52. The summed E-state index contributed by atoms with van der Waals surface area (Å²) < 4.78 is 5.49. The SMILES string of the molecule is CCc1ccnc(CN=C(N)N2CCOC(C)C2)c1. The average molecular weight is 262 g/mol. The van der Waals surface area contributed by atoms with E-state index in [-0.39, 0.29) is 6.10 Å². The Kier molecular flexibility index (Phi) is 4.74. The van der Waals surface area contributed by atoms with E-state index in [1.165, 1.54) is 5.56 Å². The van der Waals surface area contributed by atoms with Crippen molar-refractivity contribution in [3.63, 3.8) is 0 Å². The van der Waals surface area contributed by atoms with Crippen molar-refractivity contribution < 1.29 is 4.74 Å². The van der Waals surface area contributed by atoms with Crippen LogP contribution in [0.25, 0.3) is 0 Å². The number of hydrogen-bond donors (Lipinski definition) is 1. The molecule has 1 fully saturated rings. The molecule has 2 N–H and O–H groups in total. The van der Waals surface area contributed by atoms with Gasteiger partial charge in [0.05, 0.1) is 24.9 Å². The minimum absolute atomic E-state index is 0.212. The van der Waals surface area contributed by atoms with Crippen LogP contribution in [0, 0.1) is 0 Å². The van der Waals surface area contributed by atoms with Gasteiger partial charge >= 0.3 is 0 Å². The van der Waals surface area contributed by atoms with E-state index < -0.39 is 0 Å². The van der Waals surface area contributed by atoms with Crippen LogP contribution < -0.4 is 5.73 Å². The Labute approximate surface area is 114 Å². The van der Waals surface area contributed by atoms with E-state index in [4.69, 9.17) is 10.5 Å². The van der Waals surface area contributed by atoms with Crippen molar-refractivity contribution in [2.24, 2.45) is 10.7 Å². The quantitative estimate of drug-likeness (QED) is 0.656. The first-order chi connectivity index (χ1) is 9.19. The van der Waals surface area contributed by atoms with E-state index in [0.717, 1.165) is 25.2 Å². The third kappa shape index (κ3) is 3.92. The number of guanidine groups is 1. The standard InChI is InChI=1S/C14H22N4O/c1-3-12-4-5-16-13(8-12)9-17-14(15)18-6-7-19-11(2)10-18/h4-5,8,11H,3,6-7,9-10H2,1-2H3,(H2,15,17). The summed E-state index contributed by atoms with van der Waals surface area (Å²) in [7, 11) is 0. The molecule has 1 aromatic rings. The van der Waals surface area contributed by atoms with Crippen molar-refractivity contribution in [1.29, 1.82) is 0 Å². The van der Waals surface area contributed by atoms with Crippen LogP contribution in [0.2, 0.25) is 0 Å². The highest BCUT2D eigenvalue weighted by Gasteiger charge is 2.17. The number of ether oxygens (including phenoxy) is 1. The van der Waals surface area contributed by atoms with Gasteiger partial charge < -0.3 is 15.4 Å². The van der Waals surface area contributed by atoms with E-state index in [1.54, 1.807) is 0 Å². The summed E-state index contributed by atoms with van der Waals surface area (Å²) in [5.41, 5.74) is 8.26. The molecule has 1 unspecified atom stereocenters. The monoisotopic (exact) mass is 262 g/mol. The third-order valence-electron chi connectivity index (χ3n) is 3.26. The zero-order chi connectivity index (χ0) is 13.7. The Hall–Kier alpha value is -1.62. The second-order valence-corrected chi connectivity index (χ2v) is 4.81. The summed E-state index contributed by atoms with van der Waals surface area (Å²) in [5.74, 6) is 0.582. The van der Waals surface area contributed by atoms with E-state index in [9.17, 15) is 0 Å². The molecule has 0 spiro atoms. The minimum Gasteiger partial charge on any atom is -0.375 e. The van der Waals surface area contributed by atoms with Crippen molar-refractivity contribution >= 4 is 5.96 Å². The van der Waals surface area contributed by atoms with Crippen molar-refractivity contribution in [3.8, 4) is 0 Å². The number of nitrogens with zero attached hydrogens (tertiary/aromatic N) is 3. The van der Waals surface area contributed by atoms with Crippen LogP contribution in [0.4, 0.5) is 0 Å². The molecule has 1 aromatic heterocycles. The summed E-state index contributed by atoms with van der Waals surface area (Å²) in [6.07, 6.45) is 3.05. The highest BCUT2D eigenvalue weighted by Crippen LogP contribution is 2.06. The predicted molar refractivity (Wildman–Crippen MR) is 75.9 cm³/mol. The number of morpholine rings is 1. The maximum Gasteiger partial charge on any atom is 0.191 e. The second-order valence-electron chi connectivity index (χ2n) is 4.81. The lowest BCUT2D eigenvalue weighted by Crippen LogP contribution is -2.47. The highest BCUT2D eigenvalue weighted by atomic mass is 16.5. The number of aliphatic imine (C=N–C) groups is 1. The Morgan fingerprint density at radius 2 is 2.47 bits per heavy atom. The van der Waals surface area contributed by atoms with Crippen molar-refractivity contribution in [1.82, 2.24) is 9.88 Å². The van der Waals surface area contributed by atoms with Gasteiger partial charge in [0.1, 0.15) is 0 Å². The van der Waals surface area contributed by atoms with Crippen LogP contribution in [0.15, 0.2) is 23.3 Å². The Balaban J connectivity index is 1.96. The van der Waals surface area contributed by atoms with Gasteiger partial charge in [0, 0.05) is 19.3 Å². The van der Waals surface area contributed by atoms with Gasteiger partial charge in [0.15, 0.2) is 5.96 Å². The van der Waals surface area contributed by atoms with Gasteiger partial charge in [-0.1, -0.05) is 6.92 Å². The normalized spacial score (nSPS) is 20.6. The van der Waals surface area contributed by atoms with Gasteiger partial charge in [-0.25, -0.2) is 4.99 Å². The molecule has 0 amide bonds. The summed E-state index contributed by atoms with van der Waals surface area (Å²) in [4.78, 5) is 10.8. The van der Waals surface area contributed by atoms with Gasteiger partial charge in [0.2, 0.25) is 0 Å². The zero-order valence-electron chi connectivity index (χ0n) is 11.7. The Bertz CT molecular complexity index is 447. The third-order valence-corrected chi connectivity index (χ3v) is 3.26. The summed E-state index contributed by atoms with van der Waals surface area (Å²) in [6.45, 7) is 7.03. The molecule has 5 nitrogen and oxygen atoms in total. The number of pyridine rings is 1. The molecule has 19 heavy (non-hydrogen) atoms. The molecule has 1 atom stereocenters. The van der Waals surface area contributed by atoms with Crippen LogP contribution in [0.3, 0.4) is 0 Å². The van der Waals surface area contributed by atoms with E-state index in [2.05, 4.69) is 27.9 Å².